The summed E-state index contributed by atoms with van der Waals surface area (Å²) in [5.41, 5.74) is 1.32. The van der Waals surface area contributed by atoms with Crippen LogP contribution in [0.5, 0.6) is 0 Å². The van der Waals surface area contributed by atoms with Crippen molar-refractivity contribution >= 4 is 27.3 Å². The van der Waals surface area contributed by atoms with Gasteiger partial charge in [0.25, 0.3) is 0 Å². The molecule has 1 aromatic rings. The van der Waals surface area contributed by atoms with E-state index in [1.54, 1.807) is 11.3 Å². The van der Waals surface area contributed by atoms with Crippen LogP contribution < -0.4 is 5.32 Å². The quantitative estimate of drug-likeness (QED) is 0.885. The van der Waals surface area contributed by atoms with Gasteiger partial charge in [0.1, 0.15) is 0 Å². The summed E-state index contributed by atoms with van der Waals surface area (Å²) in [6.45, 7) is 10.5. The average Bonchev–Trinajstić information content (AvgIpc) is 2.82. The maximum atomic E-state index is 6.03. The van der Waals surface area contributed by atoms with Crippen molar-refractivity contribution < 1.29 is 4.74 Å². The van der Waals surface area contributed by atoms with Crippen LogP contribution in [0.4, 0.5) is 0 Å². The Morgan fingerprint density at radius 2 is 2.32 bits per heavy atom. The number of hydrogen-bond donors (Lipinski definition) is 1. The minimum absolute atomic E-state index is 0.224. The molecule has 1 fully saturated rings. The standard InChI is InChI=1S/C14H23BrN2OS/c1-4-16-14(11-8-19-9-12(11)15)13-7-17(10(2)3)5-6-18-13/h8-10,13-14,16H,4-7H2,1-3H3. The Balaban J connectivity index is 2.13. The molecule has 2 rings (SSSR count). The van der Waals surface area contributed by atoms with Crippen molar-refractivity contribution in [3.63, 3.8) is 0 Å². The number of rotatable bonds is 5. The highest BCUT2D eigenvalue weighted by Gasteiger charge is 2.31. The van der Waals surface area contributed by atoms with Crippen molar-refractivity contribution in [3.8, 4) is 0 Å². The smallest absolute Gasteiger partial charge is 0.0897 e. The molecule has 0 radical (unpaired) electrons. The van der Waals surface area contributed by atoms with Gasteiger partial charge in [-0.1, -0.05) is 6.92 Å². The second-order valence-electron chi connectivity index (χ2n) is 5.21. The second-order valence-corrected chi connectivity index (χ2v) is 6.81. The summed E-state index contributed by atoms with van der Waals surface area (Å²) in [6, 6.07) is 0.853. The molecular weight excluding hydrogens is 324 g/mol. The zero-order chi connectivity index (χ0) is 13.8. The van der Waals surface area contributed by atoms with E-state index in [4.69, 9.17) is 4.74 Å². The first-order valence-electron chi connectivity index (χ1n) is 6.94. The summed E-state index contributed by atoms with van der Waals surface area (Å²) in [5, 5.41) is 7.94. The molecule has 0 spiro atoms. The number of nitrogens with zero attached hydrogens (tertiary/aromatic N) is 1. The lowest BCUT2D eigenvalue weighted by atomic mass is 10.0. The van der Waals surface area contributed by atoms with Gasteiger partial charge in [0, 0.05) is 29.0 Å². The molecule has 1 aromatic heterocycles. The van der Waals surface area contributed by atoms with Gasteiger partial charge < -0.3 is 10.1 Å². The summed E-state index contributed by atoms with van der Waals surface area (Å²) >= 11 is 5.38. The molecular formula is C14H23BrN2OS. The molecule has 0 saturated carbocycles. The van der Waals surface area contributed by atoms with Gasteiger partial charge in [0.05, 0.1) is 18.8 Å². The summed E-state index contributed by atoms with van der Waals surface area (Å²) in [7, 11) is 0. The van der Waals surface area contributed by atoms with Crippen molar-refractivity contribution in [2.24, 2.45) is 0 Å². The fourth-order valence-electron chi connectivity index (χ4n) is 2.54. The number of thiophene rings is 1. The molecule has 0 aliphatic carbocycles. The van der Waals surface area contributed by atoms with Crippen LogP contribution in [0.2, 0.25) is 0 Å². The van der Waals surface area contributed by atoms with Crippen molar-refractivity contribution in [3.05, 3.63) is 20.8 Å². The highest BCUT2D eigenvalue weighted by molar-refractivity contribution is 9.10. The first-order chi connectivity index (χ1) is 9.13. The first kappa shape index (κ1) is 15.4. The van der Waals surface area contributed by atoms with E-state index >= 15 is 0 Å². The average molecular weight is 347 g/mol. The molecule has 0 bridgehead atoms. The fraction of sp³-hybridized carbons (Fsp3) is 0.714. The third kappa shape index (κ3) is 3.79. The molecule has 2 heterocycles. The molecule has 2 unspecified atom stereocenters. The van der Waals surface area contributed by atoms with E-state index in [1.165, 1.54) is 10.0 Å². The highest BCUT2D eigenvalue weighted by Crippen LogP contribution is 2.31. The van der Waals surface area contributed by atoms with Crippen LogP contribution in [0.3, 0.4) is 0 Å². The molecule has 19 heavy (non-hydrogen) atoms. The van der Waals surface area contributed by atoms with Gasteiger partial charge in [-0.05, 0) is 47.3 Å². The molecule has 1 aliphatic heterocycles. The Labute approximate surface area is 128 Å². The van der Waals surface area contributed by atoms with E-state index in [0.29, 0.717) is 6.04 Å². The van der Waals surface area contributed by atoms with Crippen LogP contribution in [0, 0.1) is 0 Å². The Morgan fingerprint density at radius 3 is 2.89 bits per heavy atom. The third-order valence-corrected chi connectivity index (χ3v) is 5.38. The van der Waals surface area contributed by atoms with Gasteiger partial charge in [-0.15, -0.1) is 0 Å². The molecule has 1 aliphatic rings. The van der Waals surface area contributed by atoms with Gasteiger partial charge in [0.15, 0.2) is 0 Å². The predicted molar refractivity (Wildman–Crippen MR) is 84.9 cm³/mol. The van der Waals surface area contributed by atoms with E-state index in [2.05, 4.69) is 57.7 Å². The summed E-state index contributed by atoms with van der Waals surface area (Å²) in [5.74, 6) is 0. The molecule has 108 valence electrons. The Hall–Kier alpha value is 0.0600. The number of halogens is 1. The minimum Gasteiger partial charge on any atom is -0.374 e. The third-order valence-electron chi connectivity index (χ3n) is 3.63. The largest absolute Gasteiger partial charge is 0.374 e. The van der Waals surface area contributed by atoms with Crippen LogP contribution >= 0.6 is 27.3 Å². The zero-order valence-corrected chi connectivity index (χ0v) is 14.3. The molecule has 5 heteroatoms. The van der Waals surface area contributed by atoms with Gasteiger partial charge in [-0.2, -0.15) is 11.3 Å². The predicted octanol–water partition coefficient (Wildman–Crippen LogP) is 3.27. The van der Waals surface area contributed by atoms with Crippen molar-refractivity contribution in [2.45, 2.75) is 39.0 Å². The molecule has 3 nitrogen and oxygen atoms in total. The number of morpholine rings is 1. The zero-order valence-electron chi connectivity index (χ0n) is 11.9. The summed E-state index contributed by atoms with van der Waals surface area (Å²) < 4.78 is 7.22. The Morgan fingerprint density at radius 1 is 1.53 bits per heavy atom. The van der Waals surface area contributed by atoms with E-state index in [-0.39, 0.29) is 12.1 Å². The Kier molecular flexibility index (Phi) is 5.84. The van der Waals surface area contributed by atoms with Gasteiger partial charge in [0.2, 0.25) is 0 Å². The lowest BCUT2D eigenvalue weighted by molar-refractivity contribution is -0.0559. The lowest BCUT2D eigenvalue weighted by Crippen LogP contribution is -2.50. The molecule has 1 N–H and O–H groups in total. The van der Waals surface area contributed by atoms with Crippen molar-refractivity contribution in [1.82, 2.24) is 10.2 Å². The van der Waals surface area contributed by atoms with Crippen molar-refractivity contribution in [1.29, 1.82) is 0 Å². The highest BCUT2D eigenvalue weighted by atomic mass is 79.9. The van der Waals surface area contributed by atoms with Crippen molar-refractivity contribution in [2.75, 3.05) is 26.2 Å². The number of hydrogen-bond acceptors (Lipinski definition) is 4. The van der Waals surface area contributed by atoms with Crippen LogP contribution in [0.25, 0.3) is 0 Å². The van der Waals surface area contributed by atoms with Gasteiger partial charge in [-0.3, -0.25) is 4.90 Å². The van der Waals surface area contributed by atoms with Crippen LogP contribution in [-0.4, -0.2) is 43.3 Å². The normalized spacial score (nSPS) is 22.9. The SMILES string of the molecule is CCNC(c1cscc1Br)C1CN(C(C)C)CCO1. The number of nitrogens with one attached hydrogen (secondary N) is 1. The second kappa shape index (κ2) is 7.18. The van der Waals surface area contributed by atoms with Gasteiger partial charge in [-0.25, -0.2) is 0 Å². The minimum atomic E-state index is 0.224. The fourth-order valence-corrected chi connectivity index (χ4v) is 4.12. The first-order valence-corrected chi connectivity index (χ1v) is 8.67. The Bertz CT molecular complexity index is 397. The maximum Gasteiger partial charge on any atom is 0.0897 e. The molecule has 2 atom stereocenters. The summed E-state index contributed by atoms with van der Waals surface area (Å²) in [4.78, 5) is 2.50. The number of ether oxygens (including phenoxy) is 1. The monoisotopic (exact) mass is 346 g/mol. The molecule has 0 aromatic carbocycles. The van der Waals surface area contributed by atoms with Crippen LogP contribution in [0.1, 0.15) is 32.4 Å². The summed E-state index contributed by atoms with van der Waals surface area (Å²) in [6.07, 6.45) is 0.224. The van der Waals surface area contributed by atoms with E-state index in [0.717, 1.165) is 26.2 Å². The molecule has 0 amide bonds. The van der Waals surface area contributed by atoms with Crippen LogP contribution in [-0.2, 0) is 4.74 Å². The van der Waals surface area contributed by atoms with Gasteiger partial charge >= 0.3 is 0 Å². The molecule has 1 saturated heterocycles. The lowest BCUT2D eigenvalue weighted by Gasteiger charge is -2.39. The van der Waals surface area contributed by atoms with E-state index in [1.807, 2.05) is 0 Å². The maximum absolute atomic E-state index is 6.03. The topological polar surface area (TPSA) is 24.5 Å². The van der Waals surface area contributed by atoms with E-state index < -0.39 is 0 Å². The van der Waals surface area contributed by atoms with E-state index in [9.17, 15) is 0 Å². The van der Waals surface area contributed by atoms with Crippen LogP contribution in [0.15, 0.2) is 15.2 Å². The number of likely N-dealkylation sites (N-methyl/N-ethyl adjacent to an activating group) is 1.